The van der Waals surface area contributed by atoms with E-state index in [1.54, 1.807) is 18.5 Å². The van der Waals surface area contributed by atoms with Gasteiger partial charge in [0, 0.05) is 47.0 Å². The smallest absolute Gasteiger partial charge is 0.215 e. The number of halogens is 2. The Hall–Kier alpha value is -2.28. The van der Waals surface area contributed by atoms with Gasteiger partial charge in [-0.15, -0.1) is 0 Å². The first-order valence-corrected chi connectivity index (χ1v) is 10.9. The quantitative estimate of drug-likeness (QED) is 0.467. The Labute approximate surface area is 186 Å². The average Bonchev–Trinajstić information content (AvgIpc) is 3.24. The van der Waals surface area contributed by atoms with Crippen LogP contribution < -0.4 is 15.8 Å². The van der Waals surface area contributed by atoms with Crippen molar-refractivity contribution in [1.29, 1.82) is 0 Å². The summed E-state index contributed by atoms with van der Waals surface area (Å²) in [5.41, 5.74) is 7.22. The Balaban J connectivity index is 1.51. The lowest BCUT2D eigenvalue weighted by molar-refractivity contribution is 0.189. The number of nitrogens with zero attached hydrogens (tertiary/aromatic N) is 2. The van der Waals surface area contributed by atoms with Crippen LogP contribution >= 0.6 is 23.2 Å². The first-order valence-electron chi connectivity index (χ1n) is 10.2. The normalized spacial score (nSPS) is 20.0. The van der Waals surface area contributed by atoms with Gasteiger partial charge in [-0.1, -0.05) is 42.1 Å². The number of benzene rings is 1. The van der Waals surface area contributed by atoms with E-state index >= 15 is 0 Å². The van der Waals surface area contributed by atoms with Crippen molar-refractivity contribution in [2.75, 3.05) is 5.32 Å². The number of aromatic nitrogens is 3. The molecular formula is C22H25Cl2N5O. The zero-order chi connectivity index (χ0) is 20.9. The van der Waals surface area contributed by atoms with E-state index in [0.29, 0.717) is 28.2 Å². The van der Waals surface area contributed by atoms with Crippen molar-refractivity contribution in [1.82, 2.24) is 15.0 Å². The maximum Gasteiger partial charge on any atom is 0.215 e. The van der Waals surface area contributed by atoms with Crippen molar-refractivity contribution < 1.29 is 4.74 Å². The average molecular weight is 446 g/mol. The highest BCUT2D eigenvalue weighted by atomic mass is 35.5. The second-order valence-corrected chi connectivity index (χ2v) is 8.50. The Bertz CT molecular complexity index is 946. The van der Waals surface area contributed by atoms with E-state index in [2.05, 4.69) is 20.3 Å². The van der Waals surface area contributed by atoms with Gasteiger partial charge < -0.3 is 20.8 Å². The van der Waals surface area contributed by atoms with Gasteiger partial charge in [0.2, 0.25) is 5.88 Å². The summed E-state index contributed by atoms with van der Waals surface area (Å²) >= 11 is 12.3. The van der Waals surface area contributed by atoms with Gasteiger partial charge in [-0.3, -0.25) is 0 Å². The fourth-order valence-corrected chi connectivity index (χ4v) is 4.40. The van der Waals surface area contributed by atoms with Crippen LogP contribution in [0.5, 0.6) is 5.88 Å². The highest BCUT2D eigenvalue weighted by Gasteiger charge is 2.22. The molecule has 0 amide bonds. The molecule has 0 saturated heterocycles. The second kappa shape index (κ2) is 9.69. The van der Waals surface area contributed by atoms with Crippen LogP contribution in [0.15, 0.2) is 48.8 Å². The summed E-state index contributed by atoms with van der Waals surface area (Å²) in [7, 11) is 0. The third kappa shape index (κ3) is 5.45. The standard InChI is InChI=1S/C22H25Cl2N5O/c23-15-10-14(11-16(24)13-15)12-19(22-26-8-9-27-22)30-21-7-3-6-20(29-21)28-18-5-2-1-4-17(18)25/h3,6-11,13,17-19H,1-2,4-5,12,25H2,(H,26,27)(H,28,29). The van der Waals surface area contributed by atoms with E-state index in [4.69, 9.17) is 33.7 Å². The van der Waals surface area contributed by atoms with E-state index in [9.17, 15) is 0 Å². The number of imidazole rings is 1. The molecule has 8 heteroatoms. The second-order valence-electron chi connectivity index (χ2n) is 7.62. The number of ether oxygens (including phenoxy) is 1. The molecule has 4 rings (SSSR count). The van der Waals surface area contributed by atoms with Crippen LogP contribution in [0.25, 0.3) is 0 Å². The van der Waals surface area contributed by atoms with Crippen LogP contribution in [0.3, 0.4) is 0 Å². The summed E-state index contributed by atoms with van der Waals surface area (Å²) < 4.78 is 6.24. The number of pyridine rings is 1. The lowest BCUT2D eigenvalue weighted by Gasteiger charge is -2.29. The molecule has 158 valence electrons. The summed E-state index contributed by atoms with van der Waals surface area (Å²) in [6.07, 6.45) is 8.11. The van der Waals surface area contributed by atoms with Crippen molar-refractivity contribution in [3.05, 3.63) is 70.2 Å². The van der Waals surface area contributed by atoms with E-state index in [1.165, 1.54) is 12.8 Å². The number of hydrogen-bond acceptors (Lipinski definition) is 5. The number of nitrogens with two attached hydrogens (primary N) is 1. The van der Waals surface area contributed by atoms with Gasteiger partial charge in [0.05, 0.1) is 0 Å². The number of rotatable bonds is 7. The van der Waals surface area contributed by atoms with Crippen molar-refractivity contribution in [2.24, 2.45) is 5.73 Å². The molecule has 0 spiro atoms. The summed E-state index contributed by atoms with van der Waals surface area (Å²) in [4.78, 5) is 12.1. The lowest BCUT2D eigenvalue weighted by atomic mass is 9.91. The Morgan fingerprint density at radius 1 is 1.17 bits per heavy atom. The molecule has 3 atom stereocenters. The topological polar surface area (TPSA) is 88.9 Å². The van der Waals surface area contributed by atoms with Gasteiger partial charge in [-0.2, -0.15) is 4.98 Å². The maximum atomic E-state index is 6.26. The van der Waals surface area contributed by atoms with Crippen LogP contribution in [0.2, 0.25) is 10.0 Å². The molecule has 1 aromatic carbocycles. The highest BCUT2D eigenvalue weighted by molar-refractivity contribution is 6.34. The SMILES string of the molecule is NC1CCCCC1Nc1cccc(OC(Cc2cc(Cl)cc(Cl)c2)c2ncc[nH]2)n1. The first-order chi connectivity index (χ1) is 14.6. The summed E-state index contributed by atoms with van der Waals surface area (Å²) in [5.74, 6) is 1.98. The minimum atomic E-state index is -0.366. The van der Waals surface area contributed by atoms with Crippen LogP contribution in [0, 0.1) is 0 Å². The molecule has 2 aromatic heterocycles. The van der Waals surface area contributed by atoms with Crippen LogP contribution in [-0.2, 0) is 6.42 Å². The molecule has 1 aliphatic carbocycles. The Morgan fingerprint density at radius 2 is 1.97 bits per heavy atom. The minimum Gasteiger partial charge on any atom is -0.466 e. The van der Waals surface area contributed by atoms with E-state index in [1.807, 2.05) is 30.3 Å². The molecule has 3 aromatic rings. The number of hydrogen-bond donors (Lipinski definition) is 3. The number of nitrogens with one attached hydrogen (secondary N) is 2. The molecule has 3 unspecified atom stereocenters. The zero-order valence-electron chi connectivity index (χ0n) is 16.5. The van der Waals surface area contributed by atoms with E-state index in [-0.39, 0.29) is 18.2 Å². The molecule has 0 radical (unpaired) electrons. The maximum absolute atomic E-state index is 6.26. The Morgan fingerprint density at radius 3 is 2.70 bits per heavy atom. The molecule has 4 N–H and O–H groups in total. The summed E-state index contributed by atoms with van der Waals surface area (Å²) in [6, 6.07) is 11.5. The van der Waals surface area contributed by atoms with Gasteiger partial charge in [-0.05, 0) is 42.7 Å². The molecular weight excluding hydrogens is 421 g/mol. The fraction of sp³-hybridized carbons (Fsp3) is 0.364. The van der Waals surface area contributed by atoms with Gasteiger partial charge >= 0.3 is 0 Å². The van der Waals surface area contributed by atoms with Gasteiger partial charge in [0.1, 0.15) is 11.6 Å². The predicted molar refractivity (Wildman–Crippen MR) is 120 cm³/mol. The predicted octanol–water partition coefficient (Wildman–Crippen LogP) is 5.16. The molecule has 1 aliphatic rings. The summed E-state index contributed by atoms with van der Waals surface area (Å²) in [5, 5.41) is 4.64. The van der Waals surface area contributed by atoms with E-state index < -0.39 is 0 Å². The lowest BCUT2D eigenvalue weighted by Crippen LogP contribution is -2.42. The van der Waals surface area contributed by atoms with Crippen molar-refractivity contribution in [2.45, 2.75) is 50.3 Å². The molecule has 2 heterocycles. The fourth-order valence-electron chi connectivity index (χ4n) is 3.83. The molecule has 6 nitrogen and oxygen atoms in total. The first kappa shape index (κ1) is 21.0. The molecule has 1 fully saturated rings. The zero-order valence-corrected chi connectivity index (χ0v) is 18.0. The molecule has 0 bridgehead atoms. The highest BCUT2D eigenvalue weighted by Crippen LogP contribution is 2.27. The molecule has 30 heavy (non-hydrogen) atoms. The third-order valence-corrected chi connectivity index (χ3v) is 5.74. The molecule has 1 saturated carbocycles. The Kier molecular flexibility index (Phi) is 6.77. The minimum absolute atomic E-state index is 0.147. The third-order valence-electron chi connectivity index (χ3n) is 5.31. The molecule has 0 aliphatic heterocycles. The van der Waals surface area contributed by atoms with Crippen LogP contribution in [0.4, 0.5) is 5.82 Å². The van der Waals surface area contributed by atoms with Crippen molar-refractivity contribution >= 4 is 29.0 Å². The van der Waals surface area contributed by atoms with Gasteiger partial charge in [0.15, 0.2) is 6.10 Å². The van der Waals surface area contributed by atoms with Crippen molar-refractivity contribution in [3.63, 3.8) is 0 Å². The van der Waals surface area contributed by atoms with Crippen LogP contribution in [0.1, 0.15) is 43.2 Å². The van der Waals surface area contributed by atoms with Gasteiger partial charge in [0.25, 0.3) is 0 Å². The number of H-pyrrole nitrogens is 1. The summed E-state index contributed by atoms with van der Waals surface area (Å²) in [6.45, 7) is 0. The number of anilines is 1. The van der Waals surface area contributed by atoms with E-state index in [0.717, 1.165) is 24.2 Å². The largest absolute Gasteiger partial charge is 0.466 e. The van der Waals surface area contributed by atoms with Crippen LogP contribution in [-0.4, -0.2) is 27.0 Å². The van der Waals surface area contributed by atoms with Gasteiger partial charge in [-0.25, -0.2) is 4.98 Å². The van der Waals surface area contributed by atoms with Crippen molar-refractivity contribution in [3.8, 4) is 5.88 Å². The number of aromatic amines is 1. The monoisotopic (exact) mass is 445 g/mol.